The molecule has 2 N–H and O–H groups in total. The van der Waals surface area contributed by atoms with E-state index in [4.69, 9.17) is 4.74 Å². The van der Waals surface area contributed by atoms with Gasteiger partial charge in [-0.15, -0.1) is 0 Å². The summed E-state index contributed by atoms with van der Waals surface area (Å²) in [5.74, 6) is -0.263. The first-order valence-corrected chi connectivity index (χ1v) is 7.46. The molecule has 0 unspecified atom stereocenters. The van der Waals surface area contributed by atoms with Crippen LogP contribution in [-0.2, 0) is 14.8 Å². The number of nitrogens with one attached hydrogen (secondary N) is 1. The van der Waals surface area contributed by atoms with E-state index >= 15 is 0 Å². The number of sulfonamides is 1. The van der Waals surface area contributed by atoms with E-state index in [9.17, 15) is 13.5 Å². The van der Waals surface area contributed by atoms with Crippen molar-refractivity contribution >= 4 is 31.6 Å². The number of hydrogen-bond acceptors (Lipinski definition) is 4. The number of phenols is 1. The molecular weight excluding hydrogens is 310 g/mol. The molecule has 7 heteroatoms. The van der Waals surface area contributed by atoms with Crippen LogP contribution in [0.2, 0.25) is 0 Å². The van der Waals surface area contributed by atoms with Gasteiger partial charge in [0, 0.05) is 11.1 Å². The zero-order valence-electron chi connectivity index (χ0n) is 9.31. The summed E-state index contributed by atoms with van der Waals surface area (Å²) in [6.07, 6.45) is 0. The number of anilines is 1. The van der Waals surface area contributed by atoms with E-state index in [0.29, 0.717) is 11.1 Å². The van der Waals surface area contributed by atoms with Gasteiger partial charge >= 0.3 is 0 Å². The Labute approximate surface area is 109 Å². The molecule has 5 nitrogen and oxygen atoms in total. The Bertz CT molecular complexity index is 475. The Balaban J connectivity index is 2.72. The molecule has 1 aromatic rings. The van der Waals surface area contributed by atoms with Crippen molar-refractivity contribution in [2.45, 2.75) is 6.92 Å². The summed E-state index contributed by atoms with van der Waals surface area (Å²) < 4.78 is 31.2. The van der Waals surface area contributed by atoms with Gasteiger partial charge in [0.1, 0.15) is 5.75 Å². The highest BCUT2D eigenvalue weighted by Gasteiger charge is 2.12. The van der Waals surface area contributed by atoms with E-state index in [1.165, 1.54) is 12.1 Å². The summed E-state index contributed by atoms with van der Waals surface area (Å²) in [6, 6.07) is 4.52. The van der Waals surface area contributed by atoms with Crippen molar-refractivity contribution in [2.75, 3.05) is 23.7 Å². The summed E-state index contributed by atoms with van der Waals surface area (Å²) in [7, 11) is -3.50. The highest BCUT2D eigenvalue weighted by molar-refractivity contribution is 9.10. The van der Waals surface area contributed by atoms with Gasteiger partial charge in [-0.1, -0.05) is 15.9 Å². The third-order valence-electron chi connectivity index (χ3n) is 1.92. The van der Waals surface area contributed by atoms with Gasteiger partial charge in [-0.05, 0) is 25.1 Å². The quantitative estimate of drug-likeness (QED) is 0.619. The van der Waals surface area contributed by atoms with Crippen molar-refractivity contribution in [1.82, 2.24) is 0 Å². The number of hydrogen-bond donors (Lipinski definition) is 2. The van der Waals surface area contributed by atoms with Crippen LogP contribution in [0.3, 0.4) is 0 Å². The number of benzene rings is 1. The van der Waals surface area contributed by atoms with Gasteiger partial charge in [-0.2, -0.15) is 0 Å². The Kier molecular flexibility index (Phi) is 5.23. The Hall–Kier alpha value is -0.790. The number of phenolic OH excluding ortho intramolecular Hbond substituents is 1. The molecule has 0 bridgehead atoms. The number of aromatic hydroxyl groups is 1. The predicted molar refractivity (Wildman–Crippen MR) is 69.7 cm³/mol. The van der Waals surface area contributed by atoms with E-state index in [2.05, 4.69) is 20.7 Å². The van der Waals surface area contributed by atoms with Gasteiger partial charge in [-0.25, -0.2) is 8.42 Å². The molecule has 0 fully saturated rings. The molecule has 0 aliphatic carbocycles. The molecule has 96 valence electrons. The molecule has 0 aliphatic rings. The molecule has 0 saturated heterocycles. The van der Waals surface area contributed by atoms with Crippen molar-refractivity contribution < 1.29 is 18.3 Å². The minimum Gasteiger partial charge on any atom is -0.506 e. The molecule has 0 radical (unpaired) electrons. The molecule has 0 saturated carbocycles. The van der Waals surface area contributed by atoms with Crippen molar-refractivity contribution in [3.05, 3.63) is 22.7 Å². The molecule has 17 heavy (non-hydrogen) atoms. The second-order valence-electron chi connectivity index (χ2n) is 3.28. The smallest absolute Gasteiger partial charge is 0.235 e. The Morgan fingerprint density at radius 1 is 1.47 bits per heavy atom. The second-order valence-corrected chi connectivity index (χ2v) is 6.04. The van der Waals surface area contributed by atoms with Crippen molar-refractivity contribution in [3.63, 3.8) is 0 Å². The maximum absolute atomic E-state index is 11.6. The highest BCUT2D eigenvalue weighted by atomic mass is 79.9. The third-order valence-corrected chi connectivity index (χ3v) is 3.65. The normalized spacial score (nSPS) is 11.4. The second kappa shape index (κ2) is 6.23. The molecule has 0 aromatic heterocycles. The van der Waals surface area contributed by atoms with E-state index in [-0.39, 0.29) is 23.8 Å². The molecule has 0 atom stereocenters. The van der Waals surface area contributed by atoms with Crippen LogP contribution >= 0.6 is 15.9 Å². The van der Waals surface area contributed by atoms with E-state index in [1.807, 2.05) is 0 Å². The number of ether oxygens (including phenoxy) is 1. The largest absolute Gasteiger partial charge is 0.506 e. The lowest BCUT2D eigenvalue weighted by Gasteiger charge is -2.09. The maximum atomic E-state index is 11.6. The number of halogens is 1. The fraction of sp³-hybridized carbons (Fsp3) is 0.400. The van der Waals surface area contributed by atoms with Crippen LogP contribution in [0.4, 0.5) is 5.69 Å². The lowest BCUT2D eigenvalue weighted by molar-refractivity contribution is 0.163. The average Bonchev–Trinajstić information content (AvgIpc) is 2.23. The van der Waals surface area contributed by atoms with Gasteiger partial charge in [0.15, 0.2) is 0 Å². The van der Waals surface area contributed by atoms with Crippen LogP contribution in [-0.4, -0.2) is 32.5 Å². The van der Waals surface area contributed by atoms with Crippen LogP contribution in [0.1, 0.15) is 6.92 Å². The SMILES string of the molecule is CCOCCS(=O)(=O)Nc1cc(Br)ccc1O. The minimum atomic E-state index is -3.50. The fourth-order valence-electron chi connectivity index (χ4n) is 1.12. The Morgan fingerprint density at radius 3 is 2.82 bits per heavy atom. The van der Waals surface area contributed by atoms with Gasteiger partial charge in [-0.3, -0.25) is 4.72 Å². The van der Waals surface area contributed by atoms with Crippen molar-refractivity contribution in [2.24, 2.45) is 0 Å². The number of rotatable bonds is 6. The first-order valence-electron chi connectivity index (χ1n) is 5.01. The van der Waals surface area contributed by atoms with Crippen LogP contribution < -0.4 is 4.72 Å². The zero-order valence-corrected chi connectivity index (χ0v) is 11.7. The lowest BCUT2D eigenvalue weighted by atomic mass is 10.3. The van der Waals surface area contributed by atoms with Gasteiger partial charge in [0.25, 0.3) is 0 Å². The van der Waals surface area contributed by atoms with Crippen LogP contribution in [0.5, 0.6) is 5.75 Å². The highest BCUT2D eigenvalue weighted by Crippen LogP contribution is 2.27. The fourth-order valence-corrected chi connectivity index (χ4v) is 2.42. The first-order chi connectivity index (χ1) is 7.94. The van der Waals surface area contributed by atoms with Crippen molar-refractivity contribution in [1.29, 1.82) is 0 Å². The molecule has 0 spiro atoms. The van der Waals surface area contributed by atoms with E-state index < -0.39 is 10.0 Å². The van der Waals surface area contributed by atoms with Gasteiger partial charge < -0.3 is 9.84 Å². The third kappa shape index (κ3) is 4.93. The lowest BCUT2D eigenvalue weighted by Crippen LogP contribution is -2.20. The molecule has 0 amide bonds. The summed E-state index contributed by atoms with van der Waals surface area (Å²) in [6.45, 7) is 2.39. The maximum Gasteiger partial charge on any atom is 0.235 e. The molecule has 0 aliphatic heterocycles. The molecular formula is C10H14BrNO4S. The van der Waals surface area contributed by atoms with Crippen molar-refractivity contribution in [3.8, 4) is 5.75 Å². The molecule has 1 aromatic carbocycles. The van der Waals surface area contributed by atoms with Gasteiger partial charge in [0.05, 0.1) is 18.0 Å². The van der Waals surface area contributed by atoms with E-state index in [1.54, 1.807) is 13.0 Å². The Morgan fingerprint density at radius 2 is 2.18 bits per heavy atom. The zero-order chi connectivity index (χ0) is 12.9. The van der Waals surface area contributed by atoms with Crippen LogP contribution in [0, 0.1) is 0 Å². The standard InChI is InChI=1S/C10H14BrNO4S/c1-2-16-5-6-17(14,15)12-9-7-8(11)3-4-10(9)13/h3-4,7,12-13H,2,5-6H2,1H3. The van der Waals surface area contributed by atoms with Crippen LogP contribution in [0.25, 0.3) is 0 Å². The summed E-state index contributed by atoms with van der Waals surface area (Å²) in [5, 5.41) is 9.49. The summed E-state index contributed by atoms with van der Waals surface area (Å²) in [5.41, 5.74) is 0.149. The van der Waals surface area contributed by atoms with Crippen LogP contribution in [0.15, 0.2) is 22.7 Å². The van der Waals surface area contributed by atoms with Gasteiger partial charge in [0.2, 0.25) is 10.0 Å². The monoisotopic (exact) mass is 323 g/mol. The summed E-state index contributed by atoms with van der Waals surface area (Å²) >= 11 is 3.20. The molecule has 1 rings (SSSR count). The average molecular weight is 324 g/mol. The summed E-state index contributed by atoms with van der Waals surface area (Å²) in [4.78, 5) is 0. The molecule has 0 heterocycles. The minimum absolute atomic E-state index is 0.117. The van der Waals surface area contributed by atoms with E-state index in [0.717, 1.165) is 0 Å². The topological polar surface area (TPSA) is 75.6 Å². The first kappa shape index (κ1) is 14.3. The predicted octanol–water partition coefficient (Wildman–Crippen LogP) is 1.93.